The maximum atomic E-state index is 10.5. The molecule has 0 aliphatic carbocycles. The van der Waals surface area contributed by atoms with Crippen molar-refractivity contribution >= 4 is 17.9 Å². The molecule has 0 aromatic heterocycles. The highest BCUT2D eigenvalue weighted by Gasteiger charge is 2.21. The van der Waals surface area contributed by atoms with Gasteiger partial charge in [-0.25, -0.2) is 0 Å². The fourth-order valence-corrected chi connectivity index (χ4v) is 1.02. The molecule has 0 atom stereocenters. The average molecular weight is 201 g/mol. The second-order valence-corrected chi connectivity index (χ2v) is 3.12. The van der Waals surface area contributed by atoms with Gasteiger partial charge in [0.15, 0.2) is 6.29 Å². The molecule has 0 radical (unpaired) electrons. The zero-order valence-corrected chi connectivity index (χ0v) is 7.45. The van der Waals surface area contributed by atoms with E-state index in [-0.39, 0.29) is 10.8 Å². The summed E-state index contributed by atoms with van der Waals surface area (Å²) in [5, 5.41) is 9.19. The van der Waals surface area contributed by atoms with Crippen molar-refractivity contribution in [3.8, 4) is 5.75 Å². The van der Waals surface area contributed by atoms with Gasteiger partial charge in [0.05, 0.1) is 5.02 Å². The van der Waals surface area contributed by atoms with Crippen LogP contribution in [-0.2, 0) is 10.5 Å². The summed E-state index contributed by atoms with van der Waals surface area (Å²) in [6.07, 6.45) is 0.412. The van der Waals surface area contributed by atoms with E-state index in [0.717, 1.165) is 0 Å². The Morgan fingerprint density at radius 3 is 2.54 bits per heavy atom. The molecule has 0 fully saturated rings. The number of carbonyl (C=O) groups excluding carboxylic acids is 1. The smallest absolute Gasteiger partial charge is 0.158 e. The van der Waals surface area contributed by atoms with Gasteiger partial charge in [-0.3, -0.25) is 4.79 Å². The van der Waals surface area contributed by atoms with Gasteiger partial charge in [0.1, 0.15) is 11.4 Å². The fraction of sp³-hybridized carbons (Fsp3) is 0.125. The number of nitrogens with two attached hydrogens (primary N) is 2. The van der Waals surface area contributed by atoms with Crippen molar-refractivity contribution in [3.63, 3.8) is 0 Å². The molecule has 0 saturated carbocycles. The van der Waals surface area contributed by atoms with Crippen LogP contribution >= 0.6 is 11.6 Å². The van der Waals surface area contributed by atoms with Crippen LogP contribution in [0.3, 0.4) is 0 Å². The first-order valence-electron chi connectivity index (χ1n) is 3.50. The third kappa shape index (κ3) is 1.98. The lowest BCUT2D eigenvalue weighted by molar-refractivity contribution is -0.112. The fourth-order valence-electron chi connectivity index (χ4n) is 0.844. The topological polar surface area (TPSA) is 89.3 Å². The zero-order valence-electron chi connectivity index (χ0n) is 6.70. The average Bonchev–Trinajstić information content (AvgIpc) is 2.09. The predicted molar refractivity (Wildman–Crippen MR) is 49.2 cm³/mol. The molecular weight excluding hydrogens is 192 g/mol. The number of halogens is 1. The molecule has 0 aliphatic rings. The number of phenols is 1. The van der Waals surface area contributed by atoms with Gasteiger partial charge < -0.3 is 16.6 Å². The minimum Gasteiger partial charge on any atom is -0.506 e. The Kier molecular flexibility index (Phi) is 2.56. The minimum atomic E-state index is -1.56. The minimum absolute atomic E-state index is 0.0767. The van der Waals surface area contributed by atoms with Gasteiger partial charge in [0.25, 0.3) is 0 Å². The Balaban J connectivity index is 3.18. The zero-order chi connectivity index (χ0) is 10.1. The van der Waals surface area contributed by atoms with Gasteiger partial charge in [-0.05, 0) is 17.7 Å². The van der Waals surface area contributed by atoms with Crippen molar-refractivity contribution in [3.05, 3.63) is 28.8 Å². The van der Waals surface area contributed by atoms with Gasteiger partial charge in [-0.15, -0.1) is 0 Å². The maximum absolute atomic E-state index is 10.5. The van der Waals surface area contributed by atoms with E-state index in [1.807, 2.05) is 0 Å². The summed E-state index contributed by atoms with van der Waals surface area (Å²) >= 11 is 5.60. The molecule has 5 N–H and O–H groups in total. The van der Waals surface area contributed by atoms with Gasteiger partial charge in [0.2, 0.25) is 0 Å². The summed E-state index contributed by atoms with van der Waals surface area (Å²) in [5.41, 5.74) is 9.65. The van der Waals surface area contributed by atoms with Crippen LogP contribution in [-0.4, -0.2) is 11.4 Å². The molecule has 0 saturated heterocycles. The van der Waals surface area contributed by atoms with Crippen molar-refractivity contribution in [2.24, 2.45) is 11.5 Å². The number of aromatic hydroxyl groups is 1. The van der Waals surface area contributed by atoms with E-state index in [4.69, 9.17) is 28.2 Å². The van der Waals surface area contributed by atoms with E-state index in [1.54, 1.807) is 0 Å². The van der Waals surface area contributed by atoms with E-state index in [2.05, 4.69) is 0 Å². The third-order valence-corrected chi connectivity index (χ3v) is 1.95. The molecule has 70 valence electrons. The maximum Gasteiger partial charge on any atom is 0.158 e. The van der Waals surface area contributed by atoms with Gasteiger partial charge in [0, 0.05) is 0 Å². The summed E-state index contributed by atoms with van der Waals surface area (Å²) < 4.78 is 0. The molecule has 5 heteroatoms. The van der Waals surface area contributed by atoms with Gasteiger partial charge >= 0.3 is 0 Å². The van der Waals surface area contributed by atoms with Crippen LogP contribution in [0.15, 0.2) is 18.2 Å². The summed E-state index contributed by atoms with van der Waals surface area (Å²) in [5.74, 6) is -0.0767. The Morgan fingerprint density at radius 2 is 2.08 bits per heavy atom. The van der Waals surface area contributed by atoms with E-state index < -0.39 is 5.66 Å². The molecule has 0 bridgehead atoms. The van der Waals surface area contributed by atoms with Gasteiger partial charge in [-0.1, -0.05) is 17.7 Å². The Morgan fingerprint density at radius 1 is 1.46 bits per heavy atom. The second kappa shape index (κ2) is 3.33. The third-order valence-electron chi connectivity index (χ3n) is 1.64. The summed E-state index contributed by atoms with van der Waals surface area (Å²) in [6, 6.07) is 4.12. The predicted octanol–water partition coefficient (Wildman–Crippen LogP) is 0.315. The van der Waals surface area contributed by atoms with Crippen molar-refractivity contribution in [1.29, 1.82) is 0 Å². The van der Waals surface area contributed by atoms with Crippen molar-refractivity contribution < 1.29 is 9.90 Å². The van der Waals surface area contributed by atoms with Crippen molar-refractivity contribution in [1.82, 2.24) is 0 Å². The highest BCUT2D eigenvalue weighted by Crippen LogP contribution is 2.25. The van der Waals surface area contributed by atoms with Crippen LogP contribution in [0.2, 0.25) is 5.02 Å². The molecule has 1 rings (SSSR count). The monoisotopic (exact) mass is 200 g/mol. The molecule has 0 amide bonds. The van der Waals surface area contributed by atoms with Crippen LogP contribution < -0.4 is 11.5 Å². The van der Waals surface area contributed by atoms with Crippen LogP contribution in [0, 0.1) is 0 Å². The molecule has 4 nitrogen and oxygen atoms in total. The largest absolute Gasteiger partial charge is 0.506 e. The van der Waals surface area contributed by atoms with E-state index >= 15 is 0 Å². The Bertz CT molecular complexity index is 339. The molecule has 0 aliphatic heterocycles. The molecule has 0 spiro atoms. The highest BCUT2D eigenvalue weighted by molar-refractivity contribution is 6.32. The van der Waals surface area contributed by atoms with E-state index in [0.29, 0.717) is 11.8 Å². The lowest BCUT2D eigenvalue weighted by Gasteiger charge is -2.17. The first-order valence-corrected chi connectivity index (χ1v) is 3.88. The first-order chi connectivity index (χ1) is 5.97. The Labute approximate surface area is 80.1 Å². The van der Waals surface area contributed by atoms with E-state index in [1.165, 1.54) is 18.2 Å². The number of aldehydes is 1. The second-order valence-electron chi connectivity index (χ2n) is 2.72. The van der Waals surface area contributed by atoms with Gasteiger partial charge in [-0.2, -0.15) is 0 Å². The number of carbonyl (C=O) groups is 1. The number of phenolic OH excluding ortho intramolecular Hbond substituents is 1. The molecule has 1 aromatic carbocycles. The lowest BCUT2D eigenvalue weighted by Crippen LogP contribution is -2.47. The van der Waals surface area contributed by atoms with Crippen molar-refractivity contribution in [2.75, 3.05) is 0 Å². The van der Waals surface area contributed by atoms with Crippen LogP contribution in [0.4, 0.5) is 0 Å². The standard InChI is InChI=1S/C8H9ClN2O2/c9-6-3-5(1-2-7(6)13)8(10,11)4-12/h1-4,13H,10-11H2. The van der Waals surface area contributed by atoms with E-state index in [9.17, 15) is 4.79 Å². The first kappa shape index (κ1) is 9.98. The van der Waals surface area contributed by atoms with Crippen LogP contribution in [0.25, 0.3) is 0 Å². The molecule has 0 unspecified atom stereocenters. The normalized spacial score (nSPS) is 11.3. The van der Waals surface area contributed by atoms with Crippen molar-refractivity contribution in [2.45, 2.75) is 5.66 Å². The molecular formula is C8H9ClN2O2. The summed E-state index contributed by atoms with van der Waals surface area (Å²) in [7, 11) is 0. The SMILES string of the molecule is NC(N)(C=O)c1ccc(O)c(Cl)c1. The number of benzene rings is 1. The Hall–Kier alpha value is -1.10. The molecule has 0 heterocycles. The number of rotatable bonds is 2. The quantitative estimate of drug-likeness (QED) is 0.474. The molecule has 1 aromatic rings. The number of hydrogen-bond donors (Lipinski definition) is 3. The number of hydrogen-bond acceptors (Lipinski definition) is 4. The lowest BCUT2D eigenvalue weighted by atomic mass is 10.0. The van der Waals surface area contributed by atoms with Crippen LogP contribution in [0.1, 0.15) is 5.56 Å². The summed E-state index contributed by atoms with van der Waals surface area (Å²) in [4.78, 5) is 10.5. The molecule has 13 heavy (non-hydrogen) atoms. The van der Waals surface area contributed by atoms with Crippen LogP contribution in [0.5, 0.6) is 5.75 Å². The summed E-state index contributed by atoms with van der Waals surface area (Å²) in [6.45, 7) is 0. The highest BCUT2D eigenvalue weighted by atomic mass is 35.5.